The van der Waals surface area contributed by atoms with Crippen molar-refractivity contribution in [2.75, 3.05) is 13.1 Å². The van der Waals surface area contributed by atoms with Gasteiger partial charge in [0.15, 0.2) is 5.96 Å². The Morgan fingerprint density at radius 2 is 2.19 bits per heavy atom. The van der Waals surface area contributed by atoms with Crippen molar-refractivity contribution in [2.24, 2.45) is 4.99 Å². The lowest BCUT2D eigenvalue weighted by molar-refractivity contribution is 0.182. The van der Waals surface area contributed by atoms with Gasteiger partial charge in [0.2, 0.25) is 0 Å². The fourth-order valence-corrected chi connectivity index (χ4v) is 1.76. The van der Waals surface area contributed by atoms with E-state index in [9.17, 15) is 9.50 Å². The van der Waals surface area contributed by atoms with Crippen LogP contribution >= 0.6 is 24.0 Å². The van der Waals surface area contributed by atoms with Gasteiger partial charge < -0.3 is 15.7 Å². The number of aliphatic hydroxyl groups excluding tert-OH is 1. The van der Waals surface area contributed by atoms with E-state index in [1.54, 1.807) is 24.3 Å². The van der Waals surface area contributed by atoms with Crippen LogP contribution in [0.25, 0.3) is 0 Å². The molecule has 0 bridgehead atoms. The molecule has 1 aromatic rings. The molecular weight excluding hydrogens is 384 g/mol. The largest absolute Gasteiger partial charge is 0.386 e. The van der Waals surface area contributed by atoms with Crippen molar-refractivity contribution in [1.82, 2.24) is 10.6 Å². The molecule has 0 amide bonds. The number of nitrogens with one attached hydrogen (secondary N) is 2. The molecule has 1 unspecified atom stereocenters. The monoisotopic (exact) mass is 405 g/mol. The van der Waals surface area contributed by atoms with E-state index < -0.39 is 11.9 Å². The summed E-state index contributed by atoms with van der Waals surface area (Å²) in [6.07, 6.45) is 3.05. The molecule has 0 saturated heterocycles. The minimum atomic E-state index is -0.947. The maximum atomic E-state index is 13.5. The van der Waals surface area contributed by atoms with Crippen molar-refractivity contribution >= 4 is 29.9 Å². The van der Waals surface area contributed by atoms with Gasteiger partial charge in [-0.05, 0) is 18.9 Å². The first kappa shape index (κ1) is 17.9. The van der Waals surface area contributed by atoms with E-state index in [0.717, 1.165) is 12.8 Å². The number of halogens is 2. The van der Waals surface area contributed by atoms with Gasteiger partial charge in [-0.15, -0.1) is 30.6 Å². The van der Waals surface area contributed by atoms with Crippen LogP contribution in [0.3, 0.4) is 0 Å². The molecule has 0 heterocycles. The van der Waals surface area contributed by atoms with Crippen LogP contribution in [0.5, 0.6) is 0 Å². The lowest BCUT2D eigenvalue weighted by Crippen LogP contribution is -2.39. The standard InChI is InChI=1S/C15H20FN3O.HI/c1-2-9-17-15(19-11-7-8-11)18-10-14(20)12-5-3-4-6-13(12)16;/h2-6,11,14,20H,1,7-10H2,(H2,17,18,19);1H. The summed E-state index contributed by atoms with van der Waals surface area (Å²) in [5.41, 5.74) is 0.269. The van der Waals surface area contributed by atoms with E-state index >= 15 is 0 Å². The van der Waals surface area contributed by atoms with Crippen molar-refractivity contribution in [1.29, 1.82) is 0 Å². The summed E-state index contributed by atoms with van der Waals surface area (Å²) in [5.74, 6) is 0.216. The molecule has 2 rings (SSSR count). The molecule has 0 aromatic heterocycles. The number of aliphatic imine (C=N–C) groups is 1. The topological polar surface area (TPSA) is 56.7 Å². The number of nitrogens with zero attached hydrogens (tertiary/aromatic N) is 1. The summed E-state index contributed by atoms with van der Waals surface area (Å²) in [7, 11) is 0. The van der Waals surface area contributed by atoms with Crippen LogP contribution in [0.2, 0.25) is 0 Å². The highest BCUT2D eigenvalue weighted by Crippen LogP contribution is 2.19. The van der Waals surface area contributed by atoms with E-state index in [0.29, 0.717) is 18.5 Å². The maximum Gasteiger partial charge on any atom is 0.191 e. The van der Waals surface area contributed by atoms with E-state index in [-0.39, 0.29) is 36.1 Å². The normalized spacial score (nSPS) is 15.8. The average molecular weight is 405 g/mol. The second kappa shape index (κ2) is 8.99. The Bertz CT molecular complexity index is 492. The quantitative estimate of drug-likeness (QED) is 0.295. The second-order valence-corrected chi connectivity index (χ2v) is 4.81. The van der Waals surface area contributed by atoms with Crippen molar-refractivity contribution < 1.29 is 9.50 Å². The van der Waals surface area contributed by atoms with Gasteiger partial charge in [-0.2, -0.15) is 0 Å². The van der Waals surface area contributed by atoms with Crippen molar-refractivity contribution in [3.05, 3.63) is 48.3 Å². The average Bonchev–Trinajstić information content (AvgIpc) is 3.26. The summed E-state index contributed by atoms with van der Waals surface area (Å²) in [6.45, 7) is 4.34. The molecule has 1 aliphatic rings. The SMILES string of the molecule is C=CCNC(=NCC(O)c1ccccc1F)NC1CC1.I. The van der Waals surface area contributed by atoms with Crippen molar-refractivity contribution in [2.45, 2.75) is 25.0 Å². The molecule has 1 aromatic carbocycles. The molecule has 3 N–H and O–H groups in total. The number of hydrogen-bond acceptors (Lipinski definition) is 2. The lowest BCUT2D eigenvalue weighted by atomic mass is 10.1. The van der Waals surface area contributed by atoms with Crippen LogP contribution in [0.4, 0.5) is 4.39 Å². The van der Waals surface area contributed by atoms with E-state index in [2.05, 4.69) is 22.2 Å². The fourth-order valence-electron chi connectivity index (χ4n) is 1.76. The van der Waals surface area contributed by atoms with Crippen molar-refractivity contribution in [3.63, 3.8) is 0 Å². The molecule has 1 aliphatic carbocycles. The zero-order valence-corrected chi connectivity index (χ0v) is 14.1. The lowest BCUT2D eigenvalue weighted by Gasteiger charge is -2.13. The van der Waals surface area contributed by atoms with Gasteiger partial charge in [0.25, 0.3) is 0 Å². The van der Waals surface area contributed by atoms with Crippen LogP contribution in [-0.4, -0.2) is 30.2 Å². The van der Waals surface area contributed by atoms with Gasteiger partial charge in [0.05, 0.1) is 6.54 Å². The summed E-state index contributed by atoms with van der Waals surface area (Å²) in [6, 6.07) is 6.66. The highest BCUT2D eigenvalue weighted by molar-refractivity contribution is 14.0. The Morgan fingerprint density at radius 3 is 2.81 bits per heavy atom. The van der Waals surface area contributed by atoms with Crippen LogP contribution in [-0.2, 0) is 0 Å². The minimum Gasteiger partial charge on any atom is -0.386 e. The molecule has 1 saturated carbocycles. The Morgan fingerprint density at radius 1 is 1.48 bits per heavy atom. The maximum absolute atomic E-state index is 13.5. The van der Waals surface area contributed by atoms with Gasteiger partial charge in [0.1, 0.15) is 11.9 Å². The zero-order valence-electron chi connectivity index (χ0n) is 11.8. The molecule has 1 fully saturated rings. The smallest absolute Gasteiger partial charge is 0.191 e. The number of rotatable bonds is 6. The summed E-state index contributed by atoms with van der Waals surface area (Å²) < 4.78 is 13.5. The Balaban J connectivity index is 0.00000220. The second-order valence-electron chi connectivity index (χ2n) is 4.81. The van der Waals surface area contributed by atoms with Crippen LogP contribution in [0.1, 0.15) is 24.5 Å². The molecule has 0 spiro atoms. The molecule has 0 aliphatic heterocycles. The molecule has 116 valence electrons. The highest BCUT2D eigenvalue weighted by Gasteiger charge is 2.22. The number of benzene rings is 1. The Kier molecular flexibility index (Phi) is 7.66. The number of hydrogen-bond donors (Lipinski definition) is 3. The predicted molar refractivity (Wildman–Crippen MR) is 93.4 cm³/mol. The first-order valence-electron chi connectivity index (χ1n) is 6.79. The first-order chi connectivity index (χ1) is 9.70. The van der Waals surface area contributed by atoms with Gasteiger partial charge in [0, 0.05) is 18.2 Å². The number of guanidine groups is 1. The van der Waals surface area contributed by atoms with Crippen LogP contribution in [0, 0.1) is 5.82 Å². The van der Waals surface area contributed by atoms with Gasteiger partial charge in [-0.3, -0.25) is 4.99 Å². The third kappa shape index (κ3) is 6.01. The van der Waals surface area contributed by atoms with Crippen molar-refractivity contribution in [3.8, 4) is 0 Å². The summed E-state index contributed by atoms with van der Waals surface area (Å²) in [5, 5.41) is 16.3. The van der Waals surface area contributed by atoms with E-state index in [1.165, 1.54) is 6.07 Å². The Labute approximate surface area is 141 Å². The molecule has 0 radical (unpaired) electrons. The molecule has 1 atom stereocenters. The highest BCUT2D eigenvalue weighted by atomic mass is 127. The third-order valence-electron chi connectivity index (χ3n) is 3.02. The summed E-state index contributed by atoms with van der Waals surface area (Å²) >= 11 is 0. The number of aliphatic hydroxyl groups is 1. The molecule has 6 heteroatoms. The van der Waals surface area contributed by atoms with Crippen LogP contribution in [0.15, 0.2) is 41.9 Å². The third-order valence-corrected chi connectivity index (χ3v) is 3.02. The minimum absolute atomic E-state index is 0. The Hall–Kier alpha value is -1.15. The summed E-state index contributed by atoms with van der Waals surface area (Å²) in [4.78, 5) is 4.29. The molecule has 4 nitrogen and oxygen atoms in total. The molecular formula is C15H21FIN3O. The first-order valence-corrected chi connectivity index (χ1v) is 6.79. The predicted octanol–water partition coefficient (Wildman–Crippen LogP) is 2.36. The molecule has 21 heavy (non-hydrogen) atoms. The van der Waals surface area contributed by atoms with Gasteiger partial charge in [-0.1, -0.05) is 24.3 Å². The zero-order chi connectivity index (χ0) is 14.4. The van der Waals surface area contributed by atoms with E-state index in [4.69, 9.17) is 0 Å². The van der Waals surface area contributed by atoms with Gasteiger partial charge in [-0.25, -0.2) is 4.39 Å². The van der Waals surface area contributed by atoms with E-state index in [1.807, 2.05) is 0 Å². The fraction of sp³-hybridized carbons (Fsp3) is 0.400. The van der Waals surface area contributed by atoms with Gasteiger partial charge >= 0.3 is 0 Å². The van der Waals surface area contributed by atoms with Crippen LogP contribution < -0.4 is 10.6 Å².